The van der Waals surface area contributed by atoms with Crippen molar-refractivity contribution in [1.82, 2.24) is 30.2 Å². The van der Waals surface area contributed by atoms with E-state index >= 15 is 0 Å². The predicted octanol–water partition coefficient (Wildman–Crippen LogP) is 3.36. The number of rotatable bonds is 5. The summed E-state index contributed by atoms with van der Waals surface area (Å²) in [6.45, 7) is 0.782. The maximum atomic E-state index is 4.74. The summed E-state index contributed by atoms with van der Waals surface area (Å²) in [5.74, 6) is 0.666. The van der Waals surface area contributed by atoms with E-state index in [4.69, 9.17) is 4.98 Å². The van der Waals surface area contributed by atoms with E-state index in [1.165, 1.54) is 5.56 Å². The van der Waals surface area contributed by atoms with Gasteiger partial charge in [-0.1, -0.05) is 72.4 Å². The average Bonchev–Trinajstić information content (AvgIpc) is 3.43. The van der Waals surface area contributed by atoms with Crippen LogP contribution in [0.4, 0.5) is 0 Å². The summed E-state index contributed by atoms with van der Waals surface area (Å²) >= 11 is 1.67. The summed E-state index contributed by atoms with van der Waals surface area (Å²) in [7, 11) is 0. The van der Waals surface area contributed by atoms with Crippen molar-refractivity contribution in [1.29, 1.82) is 0 Å². The van der Waals surface area contributed by atoms with Gasteiger partial charge in [0.2, 0.25) is 0 Å². The number of nitrogens with one attached hydrogen (secondary N) is 1. The number of benzene rings is 3. The van der Waals surface area contributed by atoms with Gasteiger partial charge in [0.25, 0.3) is 0 Å². The van der Waals surface area contributed by atoms with Gasteiger partial charge in [-0.15, -0.1) is 5.10 Å². The molecule has 0 aliphatic rings. The molecule has 5 aromatic rings. The first-order chi connectivity index (χ1) is 14.3. The number of fused-ring (bicyclic) bond motifs is 1. The zero-order valence-electron chi connectivity index (χ0n) is 15.8. The molecule has 0 saturated heterocycles. The first kappa shape index (κ1) is 24.2. The van der Waals surface area contributed by atoms with Crippen molar-refractivity contribution in [3.05, 3.63) is 78.4 Å². The minimum absolute atomic E-state index is 0. The van der Waals surface area contributed by atoms with Crippen LogP contribution in [0, 0.1) is 0 Å². The molecule has 0 aliphatic heterocycles. The number of para-hydroxylation sites is 2. The van der Waals surface area contributed by atoms with E-state index < -0.39 is 0 Å². The second-order valence-electron chi connectivity index (χ2n) is 6.67. The fourth-order valence-corrected chi connectivity index (χ4v) is 4.12. The Morgan fingerprint density at radius 2 is 1.58 bits per heavy atom. The van der Waals surface area contributed by atoms with Crippen molar-refractivity contribution in [2.75, 3.05) is 6.26 Å². The molecule has 3 aromatic carbocycles. The van der Waals surface area contributed by atoms with Crippen LogP contribution in [0.15, 0.2) is 78.0 Å². The molecule has 5 rings (SSSR count). The van der Waals surface area contributed by atoms with Gasteiger partial charge in [0, 0.05) is 5.56 Å². The SMILES string of the molecule is CSc1nc2ccccc2n1Cc1ccc(-c2ccccc2-c2nnn[nH]2)cc1.[NaH].[NaH]. The van der Waals surface area contributed by atoms with Crippen LogP contribution in [0.5, 0.6) is 0 Å². The van der Waals surface area contributed by atoms with Crippen molar-refractivity contribution in [2.45, 2.75) is 11.7 Å². The molecule has 0 amide bonds. The van der Waals surface area contributed by atoms with E-state index in [0.29, 0.717) is 5.82 Å². The van der Waals surface area contributed by atoms with Gasteiger partial charge in [0.05, 0.1) is 17.6 Å². The number of thioether (sulfide) groups is 1. The molecule has 2 heterocycles. The number of H-pyrrole nitrogens is 1. The van der Waals surface area contributed by atoms with Gasteiger partial charge in [-0.2, -0.15) is 0 Å². The summed E-state index contributed by atoms with van der Waals surface area (Å²) in [6, 6.07) is 25.0. The van der Waals surface area contributed by atoms with Crippen LogP contribution in [0.3, 0.4) is 0 Å². The standard InChI is InChI=1S/C22H18N6S.2Na.2H/c1-29-22-23-19-8-4-5-9-20(19)28(22)14-15-10-12-16(13-11-15)17-6-2-3-7-18(17)21-24-26-27-25-21;;;;/h2-13H,14H2,1H3,(H,24,25,26,27);;;;. The Morgan fingerprint density at radius 1 is 0.871 bits per heavy atom. The van der Waals surface area contributed by atoms with E-state index in [-0.39, 0.29) is 59.1 Å². The molecule has 146 valence electrons. The summed E-state index contributed by atoms with van der Waals surface area (Å²) in [5, 5.41) is 15.3. The van der Waals surface area contributed by atoms with Crippen molar-refractivity contribution in [3.8, 4) is 22.5 Å². The van der Waals surface area contributed by atoms with Crippen LogP contribution < -0.4 is 0 Å². The Morgan fingerprint density at radius 3 is 2.29 bits per heavy atom. The monoisotopic (exact) mass is 446 g/mol. The molecule has 0 radical (unpaired) electrons. The van der Waals surface area contributed by atoms with E-state index in [2.05, 4.69) is 80.0 Å². The number of hydrogen-bond donors (Lipinski definition) is 1. The number of hydrogen-bond acceptors (Lipinski definition) is 5. The number of nitrogens with zero attached hydrogens (tertiary/aromatic N) is 5. The van der Waals surface area contributed by atoms with E-state index in [1.54, 1.807) is 11.8 Å². The first-order valence-electron chi connectivity index (χ1n) is 9.25. The van der Waals surface area contributed by atoms with Gasteiger partial charge in [-0.3, -0.25) is 0 Å². The third kappa shape index (κ3) is 4.98. The summed E-state index contributed by atoms with van der Waals surface area (Å²) in [4.78, 5) is 4.74. The normalized spacial score (nSPS) is 10.5. The van der Waals surface area contributed by atoms with Crippen LogP contribution in [0.2, 0.25) is 0 Å². The van der Waals surface area contributed by atoms with Crippen molar-refractivity contribution < 1.29 is 0 Å². The number of aromatic amines is 1. The fourth-order valence-electron chi connectivity index (χ4n) is 3.55. The third-order valence-electron chi connectivity index (χ3n) is 4.94. The molecule has 0 unspecified atom stereocenters. The summed E-state index contributed by atoms with van der Waals surface area (Å²) < 4.78 is 2.27. The number of aromatic nitrogens is 6. The third-order valence-corrected chi connectivity index (χ3v) is 5.61. The van der Waals surface area contributed by atoms with Crippen molar-refractivity contribution in [2.24, 2.45) is 0 Å². The molecule has 9 heteroatoms. The minimum atomic E-state index is 0. The fraction of sp³-hybridized carbons (Fsp3) is 0.0909. The molecule has 0 fully saturated rings. The second-order valence-corrected chi connectivity index (χ2v) is 7.44. The van der Waals surface area contributed by atoms with Gasteiger partial charge < -0.3 is 4.57 Å². The zero-order chi connectivity index (χ0) is 19.6. The first-order valence-corrected chi connectivity index (χ1v) is 10.5. The molecule has 6 nitrogen and oxygen atoms in total. The Bertz CT molecular complexity index is 1270. The number of tetrazole rings is 1. The molecule has 0 spiro atoms. The maximum absolute atomic E-state index is 4.74. The Kier molecular flexibility index (Phi) is 8.52. The zero-order valence-corrected chi connectivity index (χ0v) is 16.6. The molecular weight excluding hydrogens is 426 g/mol. The molecule has 0 atom stereocenters. The Hall–Kier alpha value is -1.45. The quantitative estimate of drug-likeness (QED) is 0.331. The topological polar surface area (TPSA) is 72.3 Å². The summed E-state index contributed by atoms with van der Waals surface area (Å²) in [5.41, 5.74) is 6.62. The van der Waals surface area contributed by atoms with Crippen LogP contribution in [0.1, 0.15) is 5.56 Å². The van der Waals surface area contributed by atoms with Gasteiger partial charge >= 0.3 is 59.1 Å². The Labute approximate surface area is 228 Å². The van der Waals surface area contributed by atoms with Crippen molar-refractivity contribution in [3.63, 3.8) is 0 Å². The molecular formula is C22H20N6Na2S. The van der Waals surface area contributed by atoms with Crippen LogP contribution in [-0.2, 0) is 6.54 Å². The molecule has 1 N–H and O–H groups in total. The second kappa shape index (κ2) is 10.9. The van der Waals surface area contributed by atoms with Gasteiger partial charge in [-0.25, -0.2) is 10.1 Å². The van der Waals surface area contributed by atoms with Gasteiger partial charge in [0.15, 0.2) is 11.0 Å². The predicted molar refractivity (Wildman–Crippen MR) is 130 cm³/mol. The summed E-state index contributed by atoms with van der Waals surface area (Å²) in [6.07, 6.45) is 2.07. The van der Waals surface area contributed by atoms with Gasteiger partial charge in [0.1, 0.15) is 0 Å². The van der Waals surface area contributed by atoms with Crippen molar-refractivity contribution >= 4 is 81.9 Å². The molecule has 0 bridgehead atoms. The van der Waals surface area contributed by atoms with Crippen LogP contribution in [-0.4, -0.2) is 95.5 Å². The van der Waals surface area contributed by atoms with Crippen LogP contribution in [0.25, 0.3) is 33.5 Å². The average molecular weight is 446 g/mol. The Balaban J connectivity index is 0.00000136. The van der Waals surface area contributed by atoms with E-state index in [9.17, 15) is 0 Å². The van der Waals surface area contributed by atoms with Gasteiger partial charge in [-0.05, 0) is 45.5 Å². The van der Waals surface area contributed by atoms with Crippen LogP contribution >= 0.6 is 11.8 Å². The molecule has 0 aliphatic carbocycles. The molecule has 2 aromatic heterocycles. The van der Waals surface area contributed by atoms with E-state index in [0.717, 1.165) is 39.4 Å². The molecule has 31 heavy (non-hydrogen) atoms. The van der Waals surface area contributed by atoms with E-state index in [1.807, 2.05) is 24.3 Å². The number of imidazole rings is 1. The molecule has 0 saturated carbocycles.